The zero-order chi connectivity index (χ0) is 17.1. The van der Waals surface area contributed by atoms with Gasteiger partial charge in [0.1, 0.15) is 12.4 Å². The van der Waals surface area contributed by atoms with E-state index in [2.05, 4.69) is 19.2 Å². The van der Waals surface area contributed by atoms with E-state index in [9.17, 15) is 4.79 Å². The number of carbonyl (C=O) groups excluding carboxylic acids is 1. The Bertz CT molecular complexity index is 853. The molecule has 1 heterocycles. The lowest BCUT2D eigenvalue weighted by Crippen LogP contribution is -2.30. The lowest BCUT2D eigenvalue weighted by Gasteiger charge is -2.11. The maximum Gasteiger partial charge on any atom is 0.240 e. The van der Waals surface area contributed by atoms with Crippen molar-refractivity contribution in [3.8, 4) is 11.4 Å². The van der Waals surface area contributed by atoms with E-state index in [0.717, 1.165) is 22.4 Å². The molecule has 0 spiro atoms. The van der Waals surface area contributed by atoms with Crippen molar-refractivity contribution in [3.63, 3.8) is 0 Å². The molecule has 0 aliphatic carbocycles. The summed E-state index contributed by atoms with van der Waals surface area (Å²) < 4.78 is 1.95. The number of fused-ring (bicyclic) bond motifs is 1. The third-order valence-electron chi connectivity index (χ3n) is 3.77. The van der Waals surface area contributed by atoms with Crippen LogP contribution in [-0.2, 0) is 11.3 Å². The molecule has 3 aromatic rings. The largest absolute Gasteiger partial charge is 0.354 e. The summed E-state index contributed by atoms with van der Waals surface area (Å²) in [6, 6.07) is 15.4. The van der Waals surface area contributed by atoms with Crippen molar-refractivity contribution in [1.82, 2.24) is 14.9 Å². The molecule has 1 amide bonds. The average Bonchev–Trinajstić information content (AvgIpc) is 2.92. The van der Waals surface area contributed by atoms with E-state index in [-0.39, 0.29) is 12.5 Å². The van der Waals surface area contributed by atoms with Gasteiger partial charge in [-0.1, -0.05) is 37.6 Å². The quantitative estimate of drug-likeness (QED) is 0.758. The summed E-state index contributed by atoms with van der Waals surface area (Å²) in [7, 11) is 0. The molecule has 0 radical (unpaired) electrons. The molecule has 24 heavy (non-hydrogen) atoms. The van der Waals surface area contributed by atoms with Gasteiger partial charge in [0.05, 0.1) is 11.0 Å². The number of hydrogen-bond acceptors (Lipinski definition) is 2. The van der Waals surface area contributed by atoms with Crippen LogP contribution in [0.2, 0.25) is 5.02 Å². The number of hydrogen-bond donors (Lipinski definition) is 1. The van der Waals surface area contributed by atoms with Crippen LogP contribution in [-0.4, -0.2) is 22.0 Å². The van der Waals surface area contributed by atoms with Gasteiger partial charge < -0.3 is 9.88 Å². The van der Waals surface area contributed by atoms with Gasteiger partial charge in [-0.15, -0.1) is 0 Å². The molecule has 0 aliphatic heterocycles. The number of nitrogens with one attached hydrogen (secondary N) is 1. The molecule has 0 atom stereocenters. The van der Waals surface area contributed by atoms with E-state index in [1.54, 1.807) is 0 Å². The standard InChI is InChI=1S/C19H20ClN3O/c1-13(2)11-21-18(24)12-23-17-6-4-3-5-16(17)22-19(23)14-7-9-15(20)10-8-14/h3-10,13H,11-12H2,1-2H3,(H,21,24). The highest BCUT2D eigenvalue weighted by Gasteiger charge is 2.15. The number of benzene rings is 2. The number of carbonyl (C=O) groups is 1. The monoisotopic (exact) mass is 341 g/mol. The lowest BCUT2D eigenvalue weighted by atomic mass is 10.2. The second-order valence-corrected chi connectivity index (χ2v) is 6.65. The highest BCUT2D eigenvalue weighted by molar-refractivity contribution is 6.30. The van der Waals surface area contributed by atoms with E-state index >= 15 is 0 Å². The van der Waals surface area contributed by atoms with Crippen molar-refractivity contribution >= 4 is 28.5 Å². The summed E-state index contributed by atoms with van der Waals surface area (Å²) in [5.74, 6) is 1.18. The van der Waals surface area contributed by atoms with Gasteiger partial charge >= 0.3 is 0 Å². The molecule has 0 bridgehead atoms. The van der Waals surface area contributed by atoms with Crippen LogP contribution in [0.1, 0.15) is 13.8 Å². The SMILES string of the molecule is CC(C)CNC(=O)Cn1c(-c2ccc(Cl)cc2)nc2ccccc21. The Labute approximate surface area is 146 Å². The minimum absolute atomic E-state index is 0.0120. The van der Waals surface area contributed by atoms with Crippen molar-refractivity contribution in [2.45, 2.75) is 20.4 Å². The molecular formula is C19H20ClN3O. The first-order valence-corrected chi connectivity index (χ1v) is 8.40. The van der Waals surface area contributed by atoms with Gasteiger partial charge in [0.15, 0.2) is 0 Å². The van der Waals surface area contributed by atoms with E-state index in [4.69, 9.17) is 16.6 Å². The zero-order valence-electron chi connectivity index (χ0n) is 13.8. The molecule has 124 valence electrons. The maximum absolute atomic E-state index is 12.3. The van der Waals surface area contributed by atoms with Crippen LogP contribution in [0.3, 0.4) is 0 Å². The zero-order valence-corrected chi connectivity index (χ0v) is 14.5. The first-order valence-electron chi connectivity index (χ1n) is 8.02. The smallest absolute Gasteiger partial charge is 0.240 e. The topological polar surface area (TPSA) is 46.9 Å². The molecule has 0 aliphatic rings. The number of amides is 1. The Balaban J connectivity index is 1.99. The van der Waals surface area contributed by atoms with Crippen LogP contribution >= 0.6 is 11.6 Å². The molecular weight excluding hydrogens is 322 g/mol. The number of imidazole rings is 1. The Hall–Kier alpha value is -2.33. The molecule has 5 heteroatoms. The highest BCUT2D eigenvalue weighted by atomic mass is 35.5. The van der Waals surface area contributed by atoms with E-state index in [1.807, 2.05) is 53.1 Å². The van der Waals surface area contributed by atoms with Crippen molar-refractivity contribution in [3.05, 3.63) is 53.6 Å². The predicted octanol–water partition coefficient (Wildman–Crippen LogP) is 4.13. The highest BCUT2D eigenvalue weighted by Crippen LogP contribution is 2.25. The molecule has 3 rings (SSSR count). The molecule has 0 saturated carbocycles. The molecule has 1 N–H and O–H groups in total. The molecule has 0 fully saturated rings. The number of nitrogens with zero attached hydrogens (tertiary/aromatic N) is 2. The molecule has 0 saturated heterocycles. The summed E-state index contributed by atoms with van der Waals surface area (Å²) in [6.45, 7) is 5.06. The van der Waals surface area contributed by atoms with E-state index in [0.29, 0.717) is 17.5 Å². The molecule has 1 aromatic heterocycles. The summed E-state index contributed by atoms with van der Waals surface area (Å²) in [5, 5.41) is 3.64. The summed E-state index contributed by atoms with van der Waals surface area (Å²) in [5.41, 5.74) is 2.76. The second kappa shape index (κ2) is 7.05. The van der Waals surface area contributed by atoms with Crippen LogP contribution < -0.4 is 5.32 Å². The maximum atomic E-state index is 12.3. The van der Waals surface area contributed by atoms with Crippen LogP contribution in [0, 0.1) is 5.92 Å². The van der Waals surface area contributed by atoms with Gasteiger partial charge in [-0.3, -0.25) is 4.79 Å². The van der Waals surface area contributed by atoms with Crippen molar-refractivity contribution in [2.75, 3.05) is 6.54 Å². The van der Waals surface area contributed by atoms with Crippen molar-refractivity contribution < 1.29 is 4.79 Å². The first kappa shape index (κ1) is 16.5. The molecule has 4 nitrogen and oxygen atoms in total. The van der Waals surface area contributed by atoms with Gasteiger partial charge in [-0.2, -0.15) is 0 Å². The van der Waals surface area contributed by atoms with E-state index in [1.165, 1.54) is 0 Å². The minimum Gasteiger partial charge on any atom is -0.354 e. The molecule has 2 aromatic carbocycles. The van der Waals surface area contributed by atoms with Crippen LogP contribution in [0.25, 0.3) is 22.4 Å². The van der Waals surface area contributed by atoms with Gasteiger partial charge in [0.2, 0.25) is 5.91 Å². The number of rotatable bonds is 5. The Morgan fingerprint density at radius 2 is 1.88 bits per heavy atom. The number of para-hydroxylation sites is 2. The fraction of sp³-hybridized carbons (Fsp3) is 0.263. The third-order valence-corrected chi connectivity index (χ3v) is 4.02. The summed E-state index contributed by atoms with van der Waals surface area (Å²) >= 11 is 5.98. The average molecular weight is 342 g/mol. The lowest BCUT2D eigenvalue weighted by molar-refractivity contribution is -0.121. The van der Waals surface area contributed by atoms with Gasteiger partial charge in [0.25, 0.3) is 0 Å². The fourth-order valence-electron chi connectivity index (χ4n) is 2.57. The van der Waals surface area contributed by atoms with Crippen LogP contribution in [0.15, 0.2) is 48.5 Å². The van der Waals surface area contributed by atoms with Gasteiger partial charge in [0, 0.05) is 17.1 Å². The second-order valence-electron chi connectivity index (χ2n) is 6.22. The summed E-state index contributed by atoms with van der Waals surface area (Å²) in [4.78, 5) is 17.0. The van der Waals surface area contributed by atoms with Crippen LogP contribution in [0.4, 0.5) is 0 Å². The minimum atomic E-state index is -0.0120. The van der Waals surface area contributed by atoms with E-state index < -0.39 is 0 Å². The third kappa shape index (κ3) is 3.60. The Morgan fingerprint density at radius 1 is 1.17 bits per heavy atom. The molecule has 0 unspecified atom stereocenters. The van der Waals surface area contributed by atoms with Crippen molar-refractivity contribution in [1.29, 1.82) is 0 Å². The number of aromatic nitrogens is 2. The van der Waals surface area contributed by atoms with Gasteiger partial charge in [-0.05, 0) is 42.3 Å². The van der Waals surface area contributed by atoms with Crippen molar-refractivity contribution in [2.24, 2.45) is 5.92 Å². The number of halogens is 1. The fourth-order valence-corrected chi connectivity index (χ4v) is 2.70. The normalized spacial score (nSPS) is 11.2. The van der Waals surface area contributed by atoms with Crippen LogP contribution in [0.5, 0.6) is 0 Å². The Kier molecular flexibility index (Phi) is 4.86. The first-order chi connectivity index (χ1) is 11.5. The van der Waals surface area contributed by atoms with Gasteiger partial charge in [-0.25, -0.2) is 4.98 Å². The predicted molar refractivity (Wildman–Crippen MR) is 98.0 cm³/mol. The Morgan fingerprint density at radius 3 is 2.58 bits per heavy atom. The summed E-state index contributed by atoms with van der Waals surface area (Å²) in [6.07, 6.45) is 0.